The standard InChI is InChI=1S/C7H17NO3/c1-5(2)8-3-6(10)7(11)4-9/h5-11H,3-4H2,1-2H3. The highest BCUT2D eigenvalue weighted by Gasteiger charge is 2.14. The van der Waals surface area contributed by atoms with E-state index in [0.29, 0.717) is 6.54 Å². The van der Waals surface area contributed by atoms with Gasteiger partial charge in [-0.3, -0.25) is 0 Å². The van der Waals surface area contributed by atoms with Crippen molar-refractivity contribution < 1.29 is 15.3 Å². The van der Waals surface area contributed by atoms with Gasteiger partial charge in [-0.1, -0.05) is 13.8 Å². The zero-order valence-corrected chi connectivity index (χ0v) is 6.99. The highest BCUT2D eigenvalue weighted by atomic mass is 16.4. The molecule has 4 N–H and O–H groups in total. The van der Waals surface area contributed by atoms with Crippen LogP contribution < -0.4 is 5.32 Å². The molecule has 0 rings (SSSR count). The molecule has 0 heterocycles. The molecule has 0 saturated heterocycles. The van der Waals surface area contributed by atoms with Gasteiger partial charge < -0.3 is 20.6 Å². The largest absolute Gasteiger partial charge is 0.394 e. The Morgan fingerprint density at radius 3 is 2.09 bits per heavy atom. The summed E-state index contributed by atoms with van der Waals surface area (Å²) in [7, 11) is 0. The molecule has 4 heteroatoms. The zero-order chi connectivity index (χ0) is 8.85. The summed E-state index contributed by atoms with van der Waals surface area (Å²) in [6, 6.07) is 0.274. The molecule has 68 valence electrons. The molecule has 0 fully saturated rings. The van der Waals surface area contributed by atoms with Gasteiger partial charge >= 0.3 is 0 Å². The molecule has 0 saturated carbocycles. The molecule has 11 heavy (non-hydrogen) atoms. The molecule has 0 aromatic carbocycles. The first kappa shape index (κ1) is 10.8. The van der Waals surface area contributed by atoms with Gasteiger partial charge in [-0.05, 0) is 0 Å². The first-order valence-electron chi connectivity index (χ1n) is 3.78. The topological polar surface area (TPSA) is 72.7 Å². The van der Waals surface area contributed by atoms with E-state index in [4.69, 9.17) is 15.3 Å². The lowest BCUT2D eigenvalue weighted by molar-refractivity contribution is -0.0135. The van der Waals surface area contributed by atoms with Crippen molar-refractivity contribution >= 4 is 0 Å². The third kappa shape index (κ3) is 5.15. The molecule has 0 aliphatic carbocycles. The van der Waals surface area contributed by atoms with E-state index in [-0.39, 0.29) is 6.04 Å². The van der Waals surface area contributed by atoms with E-state index in [2.05, 4.69) is 5.32 Å². The van der Waals surface area contributed by atoms with Gasteiger partial charge in [0.15, 0.2) is 0 Å². The second kappa shape index (κ2) is 5.49. The van der Waals surface area contributed by atoms with Crippen LogP contribution in [0.1, 0.15) is 13.8 Å². The Kier molecular flexibility index (Phi) is 5.41. The second-order valence-electron chi connectivity index (χ2n) is 2.88. The van der Waals surface area contributed by atoms with Crippen LogP contribution in [0.15, 0.2) is 0 Å². The second-order valence-corrected chi connectivity index (χ2v) is 2.88. The van der Waals surface area contributed by atoms with Crippen molar-refractivity contribution in [3.8, 4) is 0 Å². The molecule has 0 radical (unpaired) electrons. The highest BCUT2D eigenvalue weighted by molar-refractivity contribution is 4.69. The summed E-state index contributed by atoms with van der Waals surface area (Å²) in [5, 5.41) is 29.4. The van der Waals surface area contributed by atoms with E-state index >= 15 is 0 Å². The molecule has 2 unspecified atom stereocenters. The molecule has 0 aliphatic rings. The van der Waals surface area contributed by atoms with Crippen molar-refractivity contribution in [3.63, 3.8) is 0 Å². The minimum absolute atomic E-state index is 0.274. The molecular weight excluding hydrogens is 146 g/mol. The fraction of sp³-hybridized carbons (Fsp3) is 1.00. The molecule has 4 nitrogen and oxygen atoms in total. The summed E-state index contributed by atoms with van der Waals surface area (Å²) in [5.41, 5.74) is 0. The molecule has 2 atom stereocenters. The summed E-state index contributed by atoms with van der Waals surface area (Å²) in [5.74, 6) is 0. The average Bonchev–Trinajstić information content (AvgIpc) is 1.98. The van der Waals surface area contributed by atoms with E-state index in [1.807, 2.05) is 13.8 Å². The maximum Gasteiger partial charge on any atom is 0.104 e. The number of nitrogens with one attached hydrogen (secondary N) is 1. The Morgan fingerprint density at radius 2 is 1.73 bits per heavy atom. The summed E-state index contributed by atoms with van der Waals surface area (Å²) in [6.07, 6.45) is -1.93. The van der Waals surface area contributed by atoms with Crippen molar-refractivity contribution in [2.24, 2.45) is 0 Å². The van der Waals surface area contributed by atoms with Crippen molar-refractivity contribution in [1.82, 2.24) is 5.32 Å². The Labute approximate surface area is 66.9 Å². The number of hydrogen-bond donors (Lipinski definition) is 4. The van der Waals surface area contributed by atoms with Crippen molar-refractivity contribution in [2.45, 2.75) is 32.1 Å². The van der Waals surface area contributed by atoms with Crippen LogP contribution in [0.5, 0.6) is 0 Å². The lowest BCUT2D eigenvalue weighted by Gasteiger charge is -2.17. The van der Waals surface area contributed by atoms with Gasteiger partial charge in [0.1, 0.15) is 6.10 Å². The van der Waals surface area contributed by atoms with Crippen LogP contribution in [0.25, 0.3) is 0 Å². The summed E-state index contributed by atoms with van der Waals surface area (Å²) < 4.78 is 0. The molecule has 0 aromatic heterocycles. The summed E-state index contributed by atoms with van der Waals surface area (Å²) >= 11 is 0. The van der Waals surface area contributed by atoms with Crippen LogP contribution >= 0.6 is 0 Å². The first-order valence-corrected chi connectivity index (χ1v) is 3.78. The fourth-order valence-corrected chi connectivity index (χ4v) is 0.614. The van der Waals surface area contributed by atoms with Crippen molar-refractivity contribution in [2.75, 3.05) is 13.2 Å². The summed E-state index contributed by atoms with van der Waals surface area (Å²) in [4.78, 5) is 0. The van der Waals surface area contributed by atoms with E-state index in [1.54, 1.807) is 0 Å². The quantitative estimate of drug-likeness (QED) is 0.406. The minimum Gasteiger partial charge on any atom is -0.394 e. The van der Waals surface area contributed by atoms with Gasteiger partial charge in [-0.2, -0.15) is 0 Å². The monoisotopic (exact) mass is 163 g/mol. The van der Waals surface area contributed by atoms with Crippen LogP contribution in [-0.4, -0.2) is 46.7 Å². The lowest BCUT2D eigenvalue weighted by Crippen LogP contribution is -2.40. The Morgan fingerprint density at radius 1 is 1.18 bits per heavy atom. The lowest BCUT2D eigenvalue weighted by atomic mass is 10.2. The molecule has 0 bridgehead atoms. The SMILES string of the molecule is CC(C)NCC(O)C(O)CO. The predicted molar refractivity (Wildman–Crippen MR) is 42.2 cm³/mol. The first-order chi connectivity index (χ1) is 5.07. The maximum absolute atomic E-state index is 9.09. The Bertz CT molecular complexity index is 97.7. The number of aliphatic hydroxyl groups excluding tert-OH is 3. The van der Waals surface area contributed by atoms with Gasteiger partial charge in [0.2, 0.25) is 0 Å². The van der Waals surface area contributed by atoms with Crippen LogP contribution in [0, 0.1) is 0 Å². The maximum atomic E-state index is 9.09. The van der Waals surface area contributed by atoms with E-state index < -0.39 is 18.8 Å². The predicted octanol–water partition coefficient (Wildman–Crippen LogP) is -1.30. The van der Waals surface area contributed by atoms with Gasteiger partial charge in [-0.15, -0.1) is 0 Å². The zero-order valence-electron chi connectivity index (χ0n) is 6.99. The number of rotatable bonds is 5. The molecule has 0 amide bonds. The molecule has 0 spiro atoms. The van der Waals surface area contributed by atoms with E-state index in [9.17, 15) is 0 Å². The van der Waals surface area contributed by atoms with Gasteiger partial charge in [-0.25, -0.2) is 0 Å². The highest BCUT2D eigenvalue weighted by Crippen LogP contribution is 1.90. The van der Waals surface area contributed by atoms with Gasteiger partial charge in [0, 0.05) is 12.6 Å². The molecular formula is C7H17NO3. The minimum atomic E-state index is -1.04. The normalized spacial score (nSPS) is 16.9. The van der Waals surface area contributed by atoms with Crippen molar-refractivity contribution in [1.29, 1.82) is 0 Å². The average molecular weight is 163 g/mol. The summed E-state index contributed by atoms with van der Waals surface area (Å²) in [6.45, 7) is 3.79. The van der Waals surface area contributed by atoms with Gasteiger partial charge in [0.05, 0.1) is 12.7 Å². The Balaban J connectivity index is 3.43. The van der Waals surface area contributed by atoms with Crippen LogP contribution in [-0.2, 0) is 0 Å². The van der Waals surface area contributed by atoms with E-state index in [0.717, 1.165) is 0 Å². The molecule has 0 aromatic rings. The number of hydrogen-bond acceptors (Lipinski definition) is 4. The Hall–Kier alpha value is -0.160. The van der Waals surface area contributed by atoms with Crippen LogP contribution in [0.4, 0.5) is 0 Å². The smallest absolute Gasteiger partial charge is 0.104 e. The van der Waals surface area contributed by atoms with Crippen LogP contribution in [0.3, 0.4) is 0 Å². The van der Waals surface area contributed by atoms with Crippen molar-refractivity contribution in [3.05, 3.63) is 0 Å². The third-order valence-electron chi connectivity index (χ3n) is 1.37. The van der Waals surface area contributed by atoms with E-state index in [1.165, 1.54) is 0 Å². The third-order valence-corrected chi connectivity index (χ3v) is 1.37. The van der Waals surface area contributed by atoms with Gasteiger partial charge in [0.25, 0.3) is 0 Å². The fourth-order valence-electron chi connectivity index (χ4n) is 0.614. The number of aliphatic hydroxyl groups is 3. The van der Waals surface area contributed by atoms with Crippen LogP contribution in [0.2, 0.25) is 0 Å². The molecule has 0 aliphatic heterocycles.